The van der Waals surface area contributed by atoms with Crippen molar-refractivity contribution in [2.45, 2.75) is 223 Å². The lowest BCUT2D eigenvalue weighted by atomic mass is 9.91. The van der Waals surface area contributed by atoms with E-state index >= 15 is 0 Å². The Labute approximate surface area is 845 Å². The molecule has 12 rings (SSSR count). The van der Waals surface area contributed by atoms with E-state index in [1.165, 1.54) is 138 Å². The van der Waals surface area contributed by atoms with Crippen LogP contribution in [0.5, 0.6) is 0 Å². The van der Waals surface area contributed by atoms with Gasteiger partial charge in [0, 0.05) is 111 Å². The van der Waals surface area contributed by atoms with E-state index in [-0.39, 0.29) is 82.9 Å². The number of amides is 4. The minimum Gasteiger partial charge on any atom is -0.383 e. The van der Waals surface area contributed by atoms with Crippen LogP contribution in [0.15, 0.2) is 214 Å². The first kappa shape index (κ1) is 121. The topological polar surface area (TPSA) is 365 Å². The molecule has 4 aliphatic heterocycles. The van der Waals surface area contributed by atoms with Crippen LogP contribution in [0.1, 0.15) is 133 Å². The molecule has 4 aliphatic rings. The largest absolute Gasteiger partial charge is 0.453 e. The van der Waals surface area contributed by atoms with Crippen molar-refractivity contribution in [1.29, 1.82) is 0 Å². The standard InChI is InChI=1S/C26H33F3N2O4S.2C25H29F5N2O5S.C24H27F5N2O4S/c1-24(2,3)31-17-15-25(16-18-31,23(32)30-33)36(34,35)22-12-10-21(11-13-22)20-8-6-19(7-9-20)5-4-14-26(27,28)29;2*1-37-17-16-32-14-12-23(13-15-32,22(33)31-34)38(35,36)21-8-6-20(7-9-21)19-4-2-18(3-5-19)10-11-24(26,27)25(28,29)30;1-2-31-15-13-22(14-16-31,21(32)30-33)36(34,35)20-9-7-19(8-10-20)18-5-3-17(4-6-18)11-12-23(25,26)24(27,28)29/h6-13,33H,4-5,14-18H2,1-3H3,(H,30,32);2*2-9,34H,10-17H2,1H3,(H,31,33);3-10,33H,2,11-16H2,1H3,(H,30,32). The number of hydrogen-bond acceptors (Lipinski definition) is 22. The van der Waals surface area contributed by atoms with Crippen molar-refractivity contribution in [2.75, 3.05) is 99.4 Å². The molecule has 0 aliphatic carbocycles. The van der Waals surface area contributed by atoms with Gasteiger partial charge in [0.1, 0.15) is 0 Å². The van der Waals surface area contributed by atoms with Crippen LogP contribution in [0, 0.1) is 0 Å². The van der Waals surface area contributed by atoms with E-state index in [2.05, 4.69) is 4.90 Å². The number of sulfone groups is 4. The Morgan fingerprint density at radius 1 is 0.304 bits per heavy atom. The highest BCUT2D eigenvalue weighted by Gasteiger charge is 2.61. The highest BCUT2D eigenvalue weighted by atomic mass is 32.2. The van der Waals surface area contributed by atoms with Crippen LogP contribution in [-0.4, -0.2) is 264 Å². The molecule has 8 aromatic carbocycles. The number of nitrogens with zero attached hydrogens (tertiary/aromatic N) is 4. The van der Waals surface area contributed by atoms with Gasteiger partial charge in [0.15, 0.2) is 58.3 Å². The normalized spacial score (nSPS) is 16.9. The van der Waals surface area contributed by atoms with Crippen molar-refractivity contribution >= 4 is 63.0 Å². The molecule has 4 saturated heterocycles. The molecule has 4 heterocycles. The number of ether oxygens (including phenoxy) is 2. The molecule has 0 saturated carbocycles. The summed E-state index contributed by atoms with van der Waals surface area (Å²) in [5.41, 5.74) is 12.7. The zero-order chi connectivity index (χ0) is 110. The van der Waals surface area contributed by atoms with Gasteiger partial charge in [-0.1, -0.05) is 153 Å². The summed E-state index contributed by atoms with van der Waals surface area (Å²) in [5, 5.41) is 37.2. The second-order valence-corrected chi connectivity index (χ2v) is 46.5. The number of alkyl halides is 18. The van der Waals surface area contributed by atoms with Gasteiger partial charge in [0.2, 0.25) is 0 Å². The second-order valence-electron chi connectivity index (χ2n) is 37.5. The molecule has 0 spiro atoms. The molecule has 26 nitrogen and oxygen atoms in total. The van der Waals surface area contributed by atoms with Crippen LogP contribution in [-0.2, 0) is 93.7 Å². The molecule has 4 fully saturated rings. The van der Waals surface area contributed by atoms with Gasteiger partial charge in [-0.3, -0.25) is 44.9 Å². The molecule has 48 heteroatoms. The van der Waals surface area contributed by atoms with Crippen LogP contribution >= 0.6 is 0 Å². The number of piperidine rings is 4. The number of methoxy groups -OCH3 is 2. The van der Waals surface area contributed by atoms with Gasteiger partial charge >= 0.3 is 42.5 Å². The fourth-order valence-corrected chi connectivity index (χ4v) is 25.7. The third-order valence-corrected chi connectivity index (χ3v) is 37.5. The minimum atomic E-state index is -5.60. The SMILES string of the molecule is CC(C)(C)N1CCC(C(=O)NO)(S(=O)(=O)c2ccc(-c3ccc(CCCC(F)(F)F)cc3)cc2)CC1.CCN1CCC(C(=O)NO)(S(=O)(=O)c2ccc(-c3ccc(CCC(F)(F)C(F)(F)F)cc3)cc2)CC1.COCCN1CCC(C(=O)NO)(S(=O)(=O)c2ccc(-c3ccc(CCC(F)(F)C(F)(F)F)cc3)cc2)CC1.COCCN1CCC(C(=O)NO)(S(=O)(=O)c2ccc(-c3ccc(CCC(F)(F)C(F)(F)F)cc3)cc2)CC1. The van der Waals surface area contributed by atoms with E-state index in [0.717, 1.165) is 16.7 Å². The lowest BCUT2D eigenvalue weighted by Crippen LogP contribution is -2.60. The van der Waals surface area contributed by atoms with Crippen LogP contribution in [0.2, 0.25) is 0 Å². The Bertz CT molecular complexity index is 6020. The summed E-state index contributed by atoms with van der Waals surface area (Å²) in [6.07, 6.45) is -26.9. The summed E-state index contributed by atoms with van der Waals surface area (Å²) >= 11 is 0. The number of carbonyl (C=O) groups excluding carboxylic acids is 4. The molecule has 0 atom stereocenters. The van der Waals surface area contributed by atoms with Gasteiger partial charge in [-0.2, -0.15) is 79.0 Å². The predicted octanol–water partition coefficient (Wildman–Crippen LogP) is 18.3. The Hall–Kier alpha value is -10.2. The number of likely N-dealkylation sites (tertiary alicyclic amines) is 4. The van der Waals surface area contributed by atoms with Crippen molar-refractivity contribution in [2.24, 2.45) is 0 Å². The van der Waals surface area contributed by atoms with E-state index in [4.69, 9.17) is 9.47 Å². The fraction of sp³-hybridized carbons (Fsp3) is 0.480. The minimum absolute atomic E-state index is 0.0113. The number of benzene rings is 8. The van der Waals surface area contributed by atoms with Crippen LogP contribution in [0.3, 0.4) is 0 Å². The van der Waals surface area contributed by atoms with Gasteiger partial charge < -0.3 is 24.2 Å². The first-order chi connectivity index (χ1) is 69.0. The zero-order valence-electron chi connectivity index (χ0n) is 81.4. The summed E-state index contributed by atoms with van der Waals surface area (Å²) in [4.78, 5) is 58.2. The van der Waals surface area contributed by atoms with E-state index in [9.17, 15) is 153 Å². The van der Waals surface area contributed by atoms with Gasteiger partial charge in [-0.15, -0.1) is 0 Å². The lowest BCUT2D eigenvalue weighted by Gasteiger charge is -2.44. The summed E-state index contributed by atoms with van der Waals surface area (Å²) < 4.78 is 339. The van der Waals surface area contributed by atoms with Crippen LogP contribution < -0.4 is 21.9 Å². The molecule has 4 amide bonds. The average Bonchev–Trinajstić information content (AvgIpc) is 1.26. The summed E-state index contributed by atoms with van der Waals surface area (Å²) in [7, 11) is -13.6. The predicted molar refractivity (Wildman–Crippen MR) is 511 cm³/mol. The summed E-state index contributed by atoms with van der Waals surface area (Å²) in [6, 6.07) is 48.3. The number of hydroxylamine groups is 4. The van der Waals surface area contributed by atoms with Crippen LogP contribution in [0.4, 0.5) is 79.0 Å². The number of halogens is 18. The molecule has 8 N–H and O–H groups in total. The van der Waals surface area contributed by atoms with Crippen molar-refractivity contribution in [3.63, 3.8) is 0 Å². The van der Waals surface area contributed by atoms with Gasteiger partial charge in [0.25, 0.3) is 23.6 Å². The first-order valence-corrected chi connectivity index (χ1v) is 52.8. The fourth-order valence-electron chi connectivity index (χ4n) is 17.9. The molecule has 0 bridgehead atoms. The summed E-state index contributed by atoms with van der Waals surface area (Å²) in [5.74, 6) is -18.2. The maximum atomic E-state index is 13.7. The third kappa shape index (κ3) is 28.6. The smallest absolute Gasteiger partial charge is 0.383 e. The van der Waals surface area contributed by atoms with Crippen molar-refractivity contribution in [1.82, 2.24) is 41.5 Å². The molecule has 816 valence electrons. The molecule has 8 aromatic rings. The maximum absolute atomic E-state index is 13.7. The molecular formula is C100H118F18N8O18S4. The van der Waals surface area contributed by atoms with Crippen LogP contribution in [0.25, 0.3) is 44.5 Å². The Balaban J connectivity index is 0.000000219. The lowest BCUT2D eigenvalue weighted by molar-refractivity contribution is -0.284. The number of carbonyl (C=O) groups is 4. The molecule has 148 heavy (non-hydrogen) atoms. The number of nitrogens with one attached hydrogen (secondary N) is 4. The van der Waals surface area contributed by atoms with E-state index in [0.29, 0.717) is 142 Å². The first-order valence-electron chi connectivity index (χ1n) is 46.9. The highest BCUT2D eigenvalue weighted by molar-refractivity contribution is 7.94. The van der Waals surface area contributed by atoms with E-state index in [1.807, 2.05) is 42.4 Å². The number of hydrogen-bond donors (Lipinski definition) is 8. The van der Waals surface area contributed by atoms with Gasteiger partial charge in [0.05, 0.1) is 32.8 Å². The quantitative estimate of drug-likeness (QED) is 0.0104. The third-order valence-electron chi connectivity index (χ3n) is 27.5. The highest BCUT2D eigenvalue weighted by Crippen LogP contribution is 2.47. The second kappa shape index (κ2) is 49.5. The van der Waals surface area contributed by atoms with Gasteiger partial charge in [-0.25, -0.2) is 55.6 Å². The summed E-state index contributed by atoms with van der Waals surface area (Å²) in [6.45, 7) is 13.6. The van der Waals surface area contributed by atoms with E-state index in [1.54, 1.807) is 92.5 Å². The van der Waals surface area contributed by atoms with Crippen molar-refractivity contribution in [3.8, 4) is 44.5 Å². The zero-order valence-corrected chi connectivity index (χ0v) is 84.7. The van der Waals surface area contributed by atoms with Crippen molar-refractivity contribution in [3.05, 3.63) is 216 Å². The molecule has 0 radical (unpaired) electrons. The number of aryl methyl sites for hydroxylation is 4. The van der Waals surface area contributed by atoms with Gasteiger partial charge in [-0.05, 0) is 226 Å². The Morgan fingerprint density at radius 3 is 0.682 bits per heavy atom. The molecule has 0 unspecified atom stereocenters. The van der Waals surface area contributed by atoms with E-state index < -0.39 is 169 Å². The maximum Gasteiger partial charge on any atom is 0.453 e. The number of rotatable bonds is 35. The Morgan fingerprint density at radius 2 is 0.500 bits per heavy atom. The van der Waals surface area contributed by atoms with Crippen molar-refractivity contribution < 1.29 is 162 Å². The average molecular weight is 2190 g/mol. The Kier molecular flexibility index (Phi) is 40.5. The monoisotopic (exact) mass is 2190 g/mol. The molecule has 0 aromatic heterocycles. The molecular weight excluding hydrogens is 2070 g/mol.